The van der Waals surface area contributed by atoms with Crippen molar-refractivity contribution in [2.75, 3.05) is 18.8 Å². The van der Waals surface area contributed by atoms with Crippen LogP contribution in [0.2, 0.25) is 0 Å². The Hall–Kier alpha value is -1.02. The molecule has 2 aliphatic rings. The molecular formula is C15H22N2. The van der Waals surface area contributed by atoms with E-state index in [1.54, 1.807) is 0 Å². The highest BCUT2D eigenvalue weighted by Gasteiger charge is 2.28. The third kappa shape index (κ3) is 3.47. The quantitative estimate of drug-likeness (QED) is 0.761. The van der Waals surface area contributed by atoms with Gasteiger partial charge in [0, 0.05) is 25.3 Å². The summed E-state index contributed by atoms with van der Waals surface area (Å²) >= 11 is 0. The molecule has 17 heavy (non-hydrogen) atoms. The maximum absolute atomic E-state index is 5.73. The van der Waals surface area contributed by atoms with Crippen molar-refractivity contribution in [3.05, 3.63) is 29.8 Å². The number of rotatable bonds is 6. The monoisotopic (exact) mass is 230 g/mol. The van der Waals surface area contributed by atoms with Crippen LogP contribution >= 0.6 is 0 Å². The van der Waals surface area contributed by atoms with Crippen LogP contribution in [0.15, 0.2) is 24.3 Å². The van der Waals surface area contributed by atoms with Gasteiger partial charge in [-0.1, -0.05) is 12.1 Å². The van der Waals surface area contributed by atoms with Crippen LogP contribution in [-0.2, 0) is 6.54 Å². The zero-order valence-electron chi connectivity index (χ0n) is 10.4. The number of hydrogen-bond acceptors (Lipinski definition) is 2. The molecule has 2 aliphatic carbocycles. The highest BCUT2D eigenvalue weighted by atomic mass is 15.1. The Morgan fingerprint density at radius 3 is 1.94 bits per heavy atom. The van der Waals surface area contributed by atoms with Crippen molar-refractivity contribution in [2.45, 2.75) is 32.2 Å². The molecule has 1 aromatic rings. The summed E-state index contributed by atoms with van der Waals surface area (Å²) in [5.74, 6) is 1.98. The number of benzene rings is 1. The van der Waals surface area contributed by atoms with Crippen molar-refractivity contribution in [2.24, 2.45) is 11.8 Å². The highest BCUT2D eigenvalue weighted by molar-refractivity contribution is 5.39. The lowest BCUT2D eigenvalue weighted by atomic mass is 10.2. The largest absolute Gasteiger partial charge is 0.399 e. The summed E-state index contributed by atoms with van der Waals surface area (Å²) in [5.41, 5.74) is 7.99. The van der Waals surface area contributed by atoms with Gasteiger partial charge in [0.2, 0.25) is 0 Å². The van der Waals surface area contributed by atoms with Gasteiger partial charge in [-0.15, -0.1) is 0 Å². The van der Waals surface area contributed by atoms with Crippen LogP contribution in [0.3, 0.4) is 0 Å². The summed E-state index contributed by atoms with van der Waals surface area (Å²) in [6.45, 7) is 3.72. The van der Waals surface area contributed by atoms with E-state index in [1.807, 2.05) is 12.1 Å². The van der Waals surface area contributed by atoms with Gasteiger partial charge >= 0.3 is 0 Å². The average molecular weight is 230 g/mol. The Labute approximate surface area is 104 Å². The van der Waals surface area contributed by atoms with E-state index in [4.69, 9.17) is 5.73 Å². The highest BCUT2D eigenvalue weighted by Crippen LogP contribution is 2.34. The molecule has 0 spiro atoms. The van der Waals surface area contributed by atoms with Crippen molar-refractivity contribution in [1.29, 1.82) is 0 Å². The lowest BCUT2D eigenvalue weighted by Gasteiger charge is -2.22. The molecule has 2 fully saturated rings. The zero-order valence-corrected chi connectivity index (χ0v) is 10.4. The first-order chi connectivity index (χ1) is 8.29. The molecule has 1 aromatic carbocycles. The molecule has 3 rings (SSSR count). The lowest BCUT2D eigenvalue weighted by Crippen LogP contribution is -2.27. The third-order valence-electron chi connectivity index (χ3n) is 3.81. The summed E-state index contributed by atoms with van der Waals surface area (Å²) in [6.07, 6.45) is 5.79. The van der Waals surface area contributed by atoms with Crippen molar-refractivity contribution in [3.8, 4) is 0 Å². The van der Waals surface area contributed by atoms with Gasteiger partial charge in [0.1, 0.15) is 0 Å². The molecule has 0 radical (unpaired) electrons. The summed E-state index contributed by atoms with van der Waals surface area (Å²) < 4.78 is 0. The van der Waals surface area contributed by atoms with Crippen LogP contribution < -0.4 is 5.73 Å². The zero-order chi connectivity index (χ0) is 11.7. The Kier molecular flexibility index (Phi) is 3.06. The first-order valence-electron chi connectivity index (χ1n) is 6.86. The van der Waals surface area contributed by atoms with E-state index >= 15 is 0 Å². The van der Waals surface area contributed by atoms with E-state index in [1.165, 1.54) is 44.3 Å². The summed E-state index contributed by atoms with van der Waals surface area (Å²) in [5, 5.41) is 0. The topological polar surface area (TPSA) is 29.3 Å². The average Bonchev–Trinajstić information content (AvgIpc) is 3.17. The summed E-state index contributed by atoms with van der Waals surface area (Å²) in [6, 6.07) is 8.37. The molecule has 2 saturated carbocycles. The second-order valence-corrected chi connectivity index (χ2v) is 5.82. The van der Waals surface area contributed by atoms with Gasteiger partial charge in [0.05, 0.1) is 0 Å². The van der Waals surface area contributed by atoms with Crippen molar-refractivity contribution in [3.63, 3.8) is 0 Å². The first-order valence-corrected chi connectivity index (χ1v) is 6.86. The summed E-state index contributed by atoms with van der Waals surface area (Å²) in [4.78, 5) is 2.65. The fourth-order valence-electron chi connectivity index (χ4n) is 2.42. The number of nitrogens with zero attached hydrogens (tertiary/aromatic N) is 1. The van der Waals surface area contributed by atoms with E-state index < -0.39 is 0 Å². The number of nitrogens with two attached hydrogens (primary N) is 1. The van der Waals surface area contributed by atoms with Gasteiger partial charge in [0.25, 0.3) is 0 Å². The van der Waals surface area contributed by atoms with Crippen molar-refractivity contribution in [1.82, 2.24) is 4.90 Å². The van der Waals surface area contributed by atoms with Crippen LogP contribution in [0, 0.1) is 11.8 Å². The SMILES string of the molecule is Nc1ccc(CN(CC2CC2)CC2CC2)cc1. The van der Waals surface area contributed by atoms with Crippen LogP contribution in [0.1, 0.15) is 31.2 Å². The number of anilines is 1. The first kappa shape index (κ1) is 11.1. The smallest absolute Gasteiger partial charge is 0.0314 e. The standard InChI is InChI=1S/C15H22N2/c16-15-7-5-14(6-8-15)11-17(9-12-1-2-12)10-13-3-4-13/h5-8,12-13H,1-4,9-11,16H2. The molecule has 2 heteroatoms. The Morgan fingerprint density at radius 1 is 0.941 bits per heavy atom. The maximum atomic E-state index is 5.73. The van der Waals surface area contributed by atoms with E-state index in [-0.39, 0.29) is 0 Å². The minimum absolute atomic E-state index is 0.865. The maximum Gasteiger partial charge on any atom is 0.0314 e. The van der Waals surface area contributed by atoms with Gasteiger partial charge in [-0.25, -0.2) is 0 Å². The van der Waals surface area contributed by atoms with Gasteiger partial charge in [-0.2, -0.15) is 0 Å². The Balaban J connectivity index is 1.58. The second kappa shape index (κ2) is 4.69. The molecule has 0 heterocycles. The molecule has 2 N–H and O–H groups in total. The lowest BCUT2D eigenvalue weighted by molar-refractivity contribution is 0.244. The molecule has 0 aromatic heterocycles. The van der Waals surface area contributed by atoms with Crippen LogP contribution in [0.4, 0.5) is 5.69 Å². The van der Waals surface area contributed by atoms with Crippen molar-refractivity contribution >= 4 is 5.69 Å². The Morgan fingerprint density at radius 2 is 1.47 bits per heavy atom. The fraction of sp³-hybridized carbons (Fsp3) is 0.600. The number of hydrogen-bond donors (Lipinski definition) is 1. The molecule has 0 aliphatic heterocycles. The molecule has 0 unspecified atom stereocenters. The third-order valence-corrected chi connectivity index (χ3v) is 3.81. The van der Waals surface area contributed by atoms with E-state index in [0.29, 0.717) is 0 Å². The molecule has 0 amide bonds. The molecule has 2 nitrogen and oxygen atoms in total. The van der Waals surface area contributed by atoms with Gasteiger partial charge in [-0.3, -0.25) is 4.90 Å². The molecular weight excluding hydrogens is 208 g/mol. The van der Waals surface area contributed by atoms with Crippen molar-refractivity contribution < 1.29 is 0 Å². The van der Waals surface area contributed by atoms with Gasteiger partial charge in [0.15, 0.2) is 0 Å². The van der Waals surface area contributed by atoms with E-state index in [0.717, 1.165) is 24.1 Å². The van der Waals surface area contributed by atoms with Crippen LogP contribution in [-0.4, -0.2) is 18.0 Å². The molecule has 0 bridgehead atoms. The minimum atomic E-state index is 0.865. The van der Waals surface area contributed by atoms with Gasteiger partial charge in [-0.05, 0) is 55.2 Å². The fourth-order valence-corrected chi connectivity index (χ4v) is 2.42. The van der Waals surface area contributed by atoms with Crippen LogP contribution in [0.25, 0.3) is 0 Å². The number of nitrogen functional groups attached to an aromatic ring is 1. The van der Waals surface area contributed by atoms with E-state index in [9.17, 15) is 0 Å². The second-order valence-electron chi connectivity index (χ2n) is 5.82. The minimum Gasteiger partial charge on any atom is -0.399 e. The molecule has 0 atom stereocenters. The molecule has 92 valence electrons. The van der Waals surface area contributed by atoms with Gasteiger partial charge < -0.3 is 5.73 Å². The normalized spacial score (nSPS) is 19.8. The predicted molar refractivity (Wildman–Crippen MR) is 71.6 cm³/mol. The van der Waals surface area contributed by atoms with E-state index in [2.05, 4.69) is 17.0 Å². The molecule has 0 saturated heterocycles. The van der Waals surface area contributed by atoms with Crippen LogP contribution in [0.5, 0.6) is 0 Å². The summed E-state index contributed by atoms with van der Waals surface area (Å²) in [7, 11) is 0. The Bertz CT molecular complexity index is 349. The predicted octanol–water partition coefficient (Wildman–Crippen LogP) is 2.89.